The van der Waals surface area contributed by atoms with Gasteiger partial charge in [-0.25, -0.2) is 8.78 Å². The van der Waals surface area contributed by atoms with Crippen LogP contribution >= 0.6 is 11.6 Å². The lowest BCUT2D eigenvalue weighted by molar-refractivity contribution is -0.132. The Morgan fingerprint density at radius 1 is 1.20 bits per heavy atom. The molecule has 1 N–H and O–H groups in total. The van der Waals surface area contributed by atoms with E-state index in [0.29, 0.717) is 5.71 Å². The van der Waals surface area contributed by atoms with Crippen molar-refractivity contribution >= 4 is 39.9 Å². The Kier molecular flexibility index (Phi) is 7.27. The molecule has 0 bridgehead atoms. The van der Waals surface area contributed by atoms with E-state index in [1.54, 1.807) is 29.9 Å². The lowest BCUT2D eigenvalue weighted by Crippen LogP contribution is -2.36. The van der Waals surface area contributed by atoms with Crippen molar-refractivity contribution in [3.05, 3.63) is 70.6 Å². The molecular weight excluding hydrogens is 474 g/mol. The van der Waals surface area contributed by atoms with Gasteiger partial charge in [0, 0.05) is 40.7 Å². The molecule has 3 atom stereocenters. The topological polar surface area (TPSA) is 87.2 Å². The summed E-state index contributed by atoms with van der Waals surface area (Å²) in [6.07, 6.45) is 2.15. The summed E-state index contributed by atoms with van der Waals surface area (Å²) in [6, 6.07) is 11.9. The monoisotopic (exact) mass is 496 g/mol. The fraction of sp³-hybridized carbons (Fsp3) is 0.308. The number of hydrogen-bond donors (Lipinski definition) is 1. The first kappa shape index (κ1) is 24.6. The number of Topliss-reactive ketones (excluding diaryl/α,β-unsaturated/α-hetero) is 1. The molecule has 1 saturated carbocycles. The van der Waals surface area contributed by atoms with Gasteiger partial charge in [-0.2, -0.15) is 10.3 Å². The molecular formula is C26H23ClF2N4O2. The number of benzene rings is 2. The maximum Gasteiger partial charge on any atom is 0.224 e. The highest BCUT2D eigenvalue weighted by Crippen LogP contribution is 2.36. The van der Waals surface area contributed by atoms with Crippen molar-refractivity contribution in [2.24, 2.45) is 16.8 Å². The molecule has 0 saturated heterocycles. The quantitative estimate of drug-likeness (QED) is 0.370. The second-order valence-corrected chi connectivity index (χ2v) is 9.07. The molecule has 3 aromatic rings. The van der Waals surface area contributed by atoms with E-state index in [9.17, 15) is 18.4 Å². The molecule has 0 radical (unpaired) electrons. The van der Waals surface area contributed by atoms with Crippen LogP contribution in [0.25, 0.3) is 10.9 Å². The van der Waals surface area contributed by atoms with Crippen LogP contribution in [0, 0.1) is 29.1 Å². The van der Waals surface area contributed by atoms with Gasteiger partial charge < -0.3 is 9.88 Å². The highest BCUT2D eigenvalue weighted by atomic mass is 35.5. The minimum Gasteiger partial charge on any atom is -0.352 e. The van der Waals surface area contributed by atoms with Crippen LogP contribution in [-0.2, 0) is 22.7 Å². The number of rotatable bonds is 7. The number of ketones is 1. The number of nitrogens with one attached hydrogen (secondary N) is 1. The van der Waals surface area contributed by atoms with Gasteiger partial charge in [0.1, 0.15) is 12.0 Å². The van der Waals surface area contributed by atoms with Gasteiger partial charge >= 0.3 is 0 Å². The van der Waals surface area contributed by atoms with E-state index < -0.39 is 29.7 Å². The molecule has 1 fully saturated rings. The Morgan fingerprint density at radius 3 is 2.71 bits per heavy atom. The molecule has 4 rings (SSSR count). The molecule has 1 aliphatic carbocycles. The van der Waals surface area contributed by atoms with Crippen LogP contribution in [0.5, 0.6) is 0 Å². The summed E-state index contributed by atoms with van der Waals surface area (Å²) in [7, 11) is 0. The number of halogens is 3. The predicted molar refractivity (Wildman–Crippen MR) is 129 cm³/mol. The second kappa shape index (κ2) is 10.4. The second-order valence-electron chi connectivity index (χ2n) is 8.66. The largest absolute Gasteiger partial charge is 0.352 e. The van der Waals surface area contributed by atoms with Crippen molar-refractivity contribution in [1.29, 1.82) is 5.26 Å². The first-order valence-corrected chi connectivity index (χ1v) is 11.6. The zero-order valence-electron chi connectivity index (χ0n) is 19.0. The maximum atomic E-state index is 14.3. The Balaban J connectivity index is 1.52. The van der Waals surface area contributed by atoms with Gasteiger partial charge in [-0.3, -0.25) is 9.59 Å². The summed E-state index contributed by atoms with van der Waals surface area (Å²) in [4.78, 5) is 29.9. The van der Waals surface area contributed by atoms with E-state index in [0.717, 1.165) is 16.5 Å². The third kappa shape index (κ3) is 5.10. The van der Waals surface area contributed by atoms with E-state index in [-0.39, 0.29) is 42.3 Å². The number of para-hydroxylation sites is 1. The minimum absolute atomic E-state index is 0.0383. The minimum atomic E-state index is -1.27. The highest BCUT2D eigenvalue weighted by Gasteiger charge is 2.42. The summed E-state index contributed by atoms with van der Waals surface area (Å²) < 4.78 is 30.2. The van der Waals surface area contributed by atoms with E-state index in [2.05, 4.69) is 10.3 Å². The van der Waals surface area contributed by atoms with Crippen molar-refractivity contribution in [3.8, 4) is 6.19 Å². The molecule has 1 unspecified atom stereocenters. The van der Waals surface area contributed by atoms with Crippen molar-refractivity contribution < 1.29 is 18.4 Å². The Labute approximate surface area is 206 Å². The molecule has 35 heavy (non-hydrogen) atoms. The fourth-order valence-corrected chi connectivity index (χ4v) is 4.90. The number of carbonyl (C=O) groups excluding carboxylic acids is 2. The zero-order valence-corrected chi connectivity index (χ0v) is 19.7. The number of aliphatic imine (C=N–C) groups is 1. The fourth-order valence-electron chi connectivity index (χ4n) is 4.71. The number of alkyl halides is 1. The lowest BCUT2D eigenvalue weighted by atomic mass is 9.91. The first-order valence-electron chi connectivity index (χ1n) is 11.2. The third-order valence-electron chi connectivity index (χ3n) is 6.46. The van der Waals surface area contributed by atoms with Gasteiger partial charge in [0.15, 0.2) is 5.78 Å². The van der Waals surface area contributed by atoms with Crippen molar-refractivity contribution in [3.63, 3.8) is 0 Å². The number of nitriles is 1. The maximum absolute atomic E-state index is 14.3. The van der Waals surface area contributed by atoms with E-state index in [1.165, 1.54) is 12.1 Å². The van der Waals surface area contributed by atoms with Crippen LogP contribution < -0.4 is 5.32 Å². The molecule has 1 aromatic heterocycles. The molecule has 1 aliphatic rings. The summed E-state index contributed by atoms with van der Waals surface area (Å²) in [5, 5.41) is 12.3. The Morgan fingerprint density at radius 2 is 1.94 bits per heavy atom. The summed E-state index contributed by atoms with van der Waals surface area (Å²) in [6.45, 7) is 1.55. The Hall–Kier alpha value is -3.57. The average Bonchev–Trinajstić information content (AvgIpc) is 3.41. The highest BCUT2D eigenvalue weighted by molar-refractivity contribution is 6.30. The van der Waals surface area contributed by atoms with Gasteiger partial charge in [0.25, 0.3) is 0 Å². The van der Waals surface area contributed by atoms with E-state index in [1.807, 2.05) is 24.3 Å². The molecule has 9 heteroatoms. The van der Waals surface area contributed by atoms with Crippen LogP contribution in [0.3, 0.4) is 0 Å². The average molecular weight is 497 g/mol. The standard InChI is InChI=1S/C26H23ClF2N4O2/c1-15(32-14-30)21-12-33(23-8-3-2-6-18(21)23)13-24(34)19-9-17(28)10-20(19)26(35)31-11-16-5-4-7-22(27)25(16)29/h2-8,12,17,19-20H,9-11,13H2,1H3,(H,31,35)/t17-,19?,20+/m0/s1. The number of hydrogen-bond acceptors (Lipinski definition) is 4. The van der Waals surface area contributed by atoms with Crippen LogP contribution in [0.4, 0.5) is 8.78 Å². The summed E-state index contributed by atoms with van der Waals surface area (Å²) in [5.74, 6) is -3.02. The molecule has 0 aliphatic heterocycles. The van der Waals surface area contributed by atoms with Gasteiger partial charge in [-0.05, 0) is 31.9 Å². The van der Waals surface area contributed by atoms with Crippen molar-refractivity contribution in [1.82, 2.24) is 9.88 Å². The predicted octanol–water partition coefficient (Wildman–Crippen LogP) is 4.97. The van der Waals surface area contributed by atoms with Crippen LogP contribution in [0.2, 0.25) is 5.02 Å². The van der Waals surface area contributed by atoms with Crippen LogP contribution in [0.1, 0.15) is 30.9 Å². The molecule has 2 aromatic carbocycles. The smallest absolute Gasteiger partial charge is 0.224 e. The number of nitrogens with zero attached hydrogens (tertiary/aromatic N) is 3. The number of aromatic nitrogens is 1. The molecule has 180 valence electrons. The molecule has 0 spiro atoms. The number of carbonyl (C=O) groups is 2. The SMILES string of the molecule is CC(=NC#N)c1cn(CC(=O)C2C[C@H](F)C[C@H]2C(=O)NCc2cccc(Cl)c2F)c2ccccc12. The molecule has 1 amide bonds. The first-order chi connectivity index (χ1) is 16.8. The van der Waals surface area contributed by atoms with Crippen LogP contribution in [-0.4, -0.2) is 28.1 Å². The number of amides is 1. The lowest BCUT2D eigenvalue weighted by Gasteiger charge is -2.18. The zero-order chi connectivity index (χ0) is 25.1. The third-order valence-corrected chi connectivity index (χ3v) is 6.75. The van der Waals surface area contributed by atoms with Gasteiger partial charge in [-0.1, -0.05) is 41.9 Å². The van der Waals surface area contributed by atoms with Crippen molar-refractivity contribution in [2.75, 3.05) is 0 Å². The Bertz CT molecular complexity index is 1360. The summed E-state index contributed by atoms with van der Waals surface area (Å²) in [5.41, 5.74) is 2.23. The van der Waals surface area contributed by atoms with Gasteiger partial charge in [0.2, 0.25) is 12.1 Å². The van der Waals surface area contributed by atoms with Crippen molar-refractivity contribution in [2.45, 2.75) is 39.0 Å². The number of fused-ring (bicyclic) bond motifs is 1. The van der Waals surface area contributed by atoms with Gasteiger partial charge in [-0.15, -0.1) is 0 Å². The normalized spacial score (nSPS) is 20.1. The molecule has 6 nitrogen and oxygen atoms in total. The van der Waals surface area contributed by atoms with Gasteiger partial charge in [0.05, 0.1) is 23.2 Å². The van der Waals surface area contributed by atoms with E-state index in [4.69, 9.17) is 16.9 Å². The summed E-state index contributed by atoms with van der Waals surface area (Å²) >= 11 is 5.79. The van der Waals surface area contributed by atoms with Crippen LogP contribution in [0.15, 0.2) is 53.7 Å². The van der Waals surface area contributed by atoms with E-state index >= 15 is 0 Å². The molecule has 1 heterocycles.